The quantitative estimate of drug-likeness (QED) is 0.511. The van der Waals surface area contributed by atoms with Crippen LogP contribution in [0.4, 0.5) is 0 Å². The van der Waals surface area contributed by atoms with Gasteiger partial charge in [-0.1, -0.05) is 6.08 Å². The molecule has 0 spiro atoms. The summed E-state index contributed by atoms with van der Waals surface area (Å²) in [7, 11) is 2.86. The van der Waals surface area contributed by atoms with Crippen molar-refractivity contribution in [2.75, 3.05) is 34.0 Å². The van der Waals surface area contributed by atoms with Gasteiger partial charge in [0.2, 0.25) is 5.75 Å². The maximum Gasteiger partial charge on any atom is 0.200 e. The summed E-state index contributed by atoms with van der Waals surface area (Å²) in [5.74, 6) is 0.452. The van der Waals surface area contributed by atoms with Crippen LogP contribution >= 0.6 is 0 Å². The highest BCUT2D eigenvalue weighted by Crippen LogP contribution is 2.37. The summed E-state index contributed by atoms with van der Waals surface area (Å²) in [6.45, 7) is -1.40. The number of aromatic hydroxyl groups is 1. The van der Waals surface area contributed by atoms with Crippen molar-refractivity contribution >= 4 is 12.3 Å². The van der Waals surface area contributed by atoms with Gasteiger partial charge in [0.05, 0.1) is 34.0 Å². The number of allylic oxidation sites excluding steroid dienone is 1. The van der Waals surface area contributed by atoms with Crippen molar-refractivity contribution in [2.45, 2.75) is 5.54 Å². The van der Waals surface area contributed by atoms with E-state index in [0.29, 0.717) is 5.56 Å². The standard InChI is InChI=1S/C15H21NO6/c1-21-12-6-11(7-13(22-2)14(12)20)4-3-5-16-15(8-17,9-18)10-19/h3-7,17-20H,8-10H2,1-2H3/b4-3+,16-5?. The molecule has 0 amide bonds. The van der Waals surface area contributed by atoms with Gasteiger partial charge in [0.25, 0.3) is 0 Å². The highest BCUT2D eigenvalue weighted by molar-refractivity contribution is 5.79. The zero-order valence-corrected chi connectivity index (χ0v) is 12.6. The molecule has 0 aliphatic carbocycles. The van der Waals surface area contributed by atoms with Crippen molar-refractivity contribution < 1.29 is 29.9 Å². The average Bonchev–Trinajstić information content (AvgIpc) is 2.56. The van der Waals surface area contributed by atoms with Crippen molar-refractivity contribution in [1.29, 1.82) is 0 Å². The summed E-state index contributed by atoms with van der Waals surface area (Å²) in [5, 5.41) is 37.2. The third-order valence-corrected chi connectivity index (χ3v) is 3.11. The summed E-state index contributed by atoms with van der Waals surface area (Å²) in [4.78, 5) is 3.95. The van der Waals surface area contributed by atoms with E-state index in [1.807, 2.05) is 0 Å². The van der Waals surface area contributed by atoms with Crippen LogP contribution in [0.5, 0.6) is 17.2 Å². The molecule has 1 rings (SSSR count). The Morgan fingerprint density at radius 3 is 1.95 bits per heavy atom. The molecule has 0 aliphatic rings. The number of phenols is 1. The van der Waals surface area contributed by atoms with Crippen LogP contribution < -0.4 is 9.47 Å². The first-order chi connectivity index (χ1) is 10.6. The van der Waals surface area contributed by atoms with Gasteiger partial charge in [-0.25, -0.2) is 0 Å². The Bertz CT molecular complexity index is 504. The number of benzene rings is 1. The van der Waals surface area contributed by atoms with Crippen molar-refractivity contribution in [3.05, 3.63) is 23.8 Å². The number of hydrogen-bond acceptors (Lipinski definition) is 7. The average molecular weight is 311 g/mol. The Morgan fingerprint density at radius 2 is 1.55 bits per heavy atom. The minimum Gasteiger partial charge on any atom is -0.502 e. The molecule has 0 atom stereocenters. The van der Waals surface area contributed by atoms with Crippen molar-refractivity contribution in [1.82, 2.24) is 0 Å². The summed E-state index contributed by atoms with van der Waals surface area (Å²) in [5.41, 5.74) is -0.602. The Hall–Kier alpha value is -2.09. The van der Waals surface area contributed by atoms with Crippen LogP contribution in [0.2, 0.25) is 0 Å². The lowest BCUT2D eigenvalue weighted by Crippen LogP contribution is -2.39. The van der Waals surface area contributed by atoms with Gasteiger partial charge < -0.3 is 29.9 Å². The fourth-order valence-electron chi connectivity index (χ4n) is 1.64. The number of ether oxygens (including phenoxy) is 2. The van der Waals surface area contributed by atoms with Crippen LogP contribution in [-0.4, -0.2) is 66.2 Å². The number of aliphatic imine (C=N–C) groups is 1. The Kier molecular flexibility index (Phi) is 6.84. The Balaban J connectivity index is 2.95. The number of methoxy groups -OCH3 is 2. The van der Waals surface area contributed by atoms with Crippen LogP contribution in [0.25, 0.3) is 6.08 Å². The van der Waals surface area contributed by atoms with Gasteiger partial charge in [-0.3, -0.25) is 4.99 Å². The molecule has 0 saturated carbocycles. The lowest BCUT2D eigenvalue weighted by molar-refractivity contribution is 0.0719. The van der Waals surface area contributed by atoms with Gasteiger partial charge in [0.1, 0.15) is 5.54 Å². The second-order valence-electron chi connectivity index (χ2n) is 4.61. The van der Waals surface area contributed by atoms with Gasteiger partial charge in [-0.15, -0.1) is 0 Å². The molecular formula is C15H21NO6. The predicted octanol–water partition coefficient (Wildman–Crippen LogP) is 0.209. The van der Waals surface area contributed by atoms with Crippen LogP contribution in [0, 0.1) is 0 Å². The van der Waals surface area contributed by atoms with Crippen molar-refractivity contribution in [3.63, 3.8) is 0 Å². The van der Waals surface area contributed by atoms with Gasteiger partial charge in [-0.2, -0.15) is 0 Å². The normalized spacial score (nSPS) is 12.2. The number of hydrogen-bond donors (Lipinski definition) is 4. The zero-order chi connectivity index (χ0) is 16.6. The first-order valence-corrected chi connectivity index (χ1v) is 6.55. The van der Waals surface area contributed by atoms with Crippen LogP contribution in [0.1, 0.15) is 5.56 Å². The molecule has 0 aromatic heterocycles. The summed E-state index contributed by atoms with van der Waals surface area (Å²) in [6, 6.07) is 3.22. The molecule has 7 heteroatoms. The number of nitrogens with zero attached hydrogens (tertiary/aromatic N) is 1. The number of aliphatic hydroxyl groups is 3. The minimum absolute atomic E-state index is 0.0873. The Labute approximate surface area is 128 Å². The van der Waals surface area contributed by atoms with Crippen molar-refractivity contribution in [2.24, 2.45) is 4.99 Å². The molecule has 0 bridgehead atoms. The van der Waals surface area contributed by atoms with Gasteiger partial charge in [-0.05, 0) is 23.8 Å². The first-order valence-electron chi connectivity index (χ1n) is 6.55. The largest absolute Gasteiger partial charge is 0.502 e. The molecule has 0 radical (unpaired) electrons. The molecule has 0 fully saturated rings. The van der Waals surface area contributed by atoms with E-state index in [-0.39, 0.29) is 17.2 Å². The molecule has 22 heavy (non-hydrogen) atoms. The predicted molar refractivity (Wildman–Crippen MR) is 82.7 cm³/mol. The summed E-state index contributed by atoms with van der Waals surface area (Å²) >= 11 is 0. The minimum atomic E-state index is -1.30. The van der Waals surface area contributed by atoms with Crippen molar-refractivity contribution in [3.8, 4) is 17.2 Å². The molecule has 122 valence electrons. The maximum absolute atomic E-state index is 9.80. The second-order valence-corrected chi connectivity index (χ2v) is 4.61. The van der Waals surface area contributed by atoms with Crippen LogP contribution in [0.3, 0.4) is 0 Å². The highest BCUT2D eigenvalue weighted by Gasteiger charge is 2.25. The van der Waals surface area contributed by atoms with Gasteiger partial charge in [0, 0.05) is 6.21 Å². The maximum atomic E-state index is 9.80. The SMILES string of the molecule is COc1cc(/C=C/C=NC(CO)(CO)CO)cc(OC)c1O. The van der Waals surface area contributed by atoms with Gasteiger partial charge >= 0.3 is 0 Å². The van der Waals surface area contributed by atoms with Crippen LogP contribution in [0.15, 0.2) is 23.2 Å². The Morgan fingerprint density at radius 1 is 1.05 bits per heavy atom. The van der Waals surface area contributed by atoms with E-state index in [2.05, 4.69) is 4.99 Å². The molecule has 1 aromatic carbocycles. The summed E-state index contributed by atoms with van der Waals surface area (Å²) in [6.07, 6.45) is 4.61. The highest BCUT2D eigenvalue weighted by atomic mass is 16.5. The smallest absolute Gasteiger partial charge is 0.200 e. The zero-order valence-electron chi connectivity index (χ0n) is 12.6. The third-order valence-electron chi connectivity index (χ3n) is 3.11. The fraction of sp³-hybridized carbons (Fsp3) is 0.400. The molecule has 7 nitrogen and oxygen atoms in total. The van der Waals surface area contributed by atoms with E-state index in [1.54, 1.807) is 24.3 Å². The molecule has 0 aliphatic heterocycles. The fourth-order valence-corrected chi connectivity index (χ4v) is 1.64. The third kappa shape index (κ3) is 4.20. The lowest BCUT2D eigenvalue weighted by Gasteiger charge is -2.21. The molecule has 4 N–H and O–H groups in total. The van der Waals surface area contributed by atoms with Crippen LogP contribution in [-0.2, 0) is 0 Å². The monoisotopic (exact) mass is 311 g/mol. The van der Waals surface area contributed by atoms with Gasteiger partial charge in [0.15, 0.2) is 11.5 Å². The molecular weight excluding hydrogens is 290 g/mol. The number of aliphatic hydroxyl groups excluding tert-OH is 3. The van der Waals surface area contributed by atoms with E-state index in [1.165, 1.54) is 20.4 Å². The first kappa shape index (κ1) is 18.0. The second kappa shape index (κ2) is 8.38. The molecule has 0 heterocycles. The molecule has 1 aromatic rings. The van der Waals surface area contributed by atoms with E-state index in [0.717, 1.165) is 0 Å². The van der Waals surface area contributed by atoms with E-state index in [4.69, 9.17) is 24.8 Å². The lowest BCUT2D eigenvalue weighted by atomic mass is 10.1. The van der Waals surface area contributed by atoms with E-state index < -0.39 is 25.4 Å². The number of phenolic OH excluding ortho intramolecular Hbond substituents is 1. The summed E-state index contributed by atoms with van der Waals surface area (Å²) < 4.78 is 10.1. The van der Waals surface area contributed by atoms with E-state index >= 15 is 0 Å². The molecule has 0 unspecified atom stereocenters. The number of rotatable bonds is 8. The molecule has 0 saturated heterocycles. The van der Waals surface area contributed by atoms with E-state index in [9.17, 15) is 5.11 Å². The topological polar surface area (TPSA) is 112 Å².